The molecule has 0 aromatic heterocycles. The number of carbonyl (C=O) groups is 2. The van der Waals surface area contributed by atoms with E-state index in [4.69, 9.17) is 9.47 Å². The Morgan fingerprint density at radius 3 is 2.44 bits per heavy atom. The number of anilines is 1. The Balaban J connectivity index is 1.56. The summed E-state index contributed by atoms with van der Waals surface area (Å²) in [5.74, 6) is 0.295. The summed E-state index contributed by atoms with van der Waals surface area (Å²) in [6, 6.07) is 19.7. The van der Waals surface area contributed by atoms with Crippen LogP contribution in [-0.2, 0) is 4.79 Å². The third kappa shape index (κ3) is 6.18. The molecule has 0 heterocycles. The van der Waals surface area contributed by atoms with Crippen molar-refractivity contribution in [3.63, 3.8) is 0 Å². The van der Waals surface area contributed by atoms with Gasteiger partial charge in [0.25, 0.3) is 11.8 Å². The minimum Gasteiger partial charge on any atom is -0.493 e. The van der Waals surface area contributed by atoms with Gasteiger partial charge in [-0.15, -0.1) is 0 Å². The molecular weight excluding hydrogens is 406 g/mol. The molecule has 0 unspecified atom stereocenters. The smallest absolute Gasteiger partial charge is 0.271 e. The van der Waals surface area contributed by atoms with Crippen LogP contribution < -0.4 is 20.2 Å². The topological polar surface area (TPSA) is 89.0 Å². The molecule has 0 fully saturated rings. The lowest BCUT2D eigenvalue weighted by atomic mass is 10.1. The van der Waals surface area contributed by atoms with Crippen LogP contribution >= 0.6 is 0 Å². The van der Waals surface area contributed by atoms with Gasteiger partial charge in [-0.05, 0) is 73.0 Å². The molecule has 2 amide bonds. The largest absolute Gasteiger partial charge is 0.493 e. The average Bonchev–Trinajstić information content (AvgIpc) is 2.81. The first kappa shape index (κ1) is 22.6. The van der Waals surface area contributed by atoms with Gasteiger partial charge in [0.05, 0.1) is 13.3 Å². The molecule has 0 aliphatic carbocycles. The maximum absolute atomic E-state index is 12.2. The number of aryl methyl sites for hydroxylation is 2. The molecule has 0 bridgehead atoms. The minimum absolute atomic E-state index is 0.163. The average molecular weight is 431 g/mol. The lowest BCUT2D eigenvalue weighted by Crippen LogP contribution is -2.20. The van der Waals surface area contributed by atoms with E-state index >= 15 is 0 Å². The van der Waals surface area contributed by atoms with Crippen LogP contribution in [0.15, 0.2) is 71.8 Å². The van der Waals surface area contributed by atoms with Crippen molar-refractivity contribution in [3.8, 4) is 11.5 Å². The molecule has 0 saturated carbocycles. The van der Waals surface area contributed by atoms with Gasteiger partial charge >= 0.3 is 0 Å². The summed E-state index contributed by atoms with van der Waals surface area (Å²) in [6.07, 6.45) is 1.50. The first-order chi connectivity index (χ1) is 15.5. The van der Waals surface area contributed by atoms with E-state index in [1.54, 1.807) is 42.5 Å². The molecule has 3 aromatic rings. The molecule has 2 N–H and O–H groups in total. The van der Waals surface area contributed by atoms with Crippen molar-refractivity contribution >= 4 is 23.7 Å². The molecular formula is C25H25N3O4. The Morgan fingerprint density at radius 2 is 1.72 bits per heavy atom. The van der Waals surface area contributed by atoms with Crippen LogP contribution in [-0.4, -0.2) is 31.7 Å². The molecule has 0 atom stereocenters. The van der Waals surface area contributed by atoms with Gasteiger partial charge in [0, 0.05) is 11.3 Å². The zero-order valence-electron chi connectivity index (χ0n) is 18.2. The monoisotopic (exact) mass is 431 g/mol. The van der Waals surface area contributed by atoms with E-state index in [2.05, 4.69) is 15.8 Å². The predicted molar refractivity (Wildman–Crippen MR) is 125 cm³/mol. The fourth-order valence-electron chi connectivity index (χ4n) is 2.86. The highest BCUT2D eigenvalue weighted by atomic mass is 16.5. The van der Waals surface area contributed by atoms with E-state index in [1.807, 2.05) is 38.1 Å². The van der Waals surface area contributed by atoms with Crippen LogP contribution in [0.2, 0.25) is 0 Å². The van der Waals surface area contributed by atoms with Crippen molar-refractivity contribution in [3.05, 3.63) is 89.0 Å². The van der Waals surface area contributed by atoms with E-state index in [0.717, 1.165) is 16.8 Å². The van der Waals surface area contributed by atoms with E-state index < -0.39 is 0 Å². The summed E-state index contributed by atoms with van der Waals surface area (Å²) in [5.41, 5.74) is 6.67. The molecule has 3 aromatic carbocycles. The Morgan fingerprint density at radius 1 is 0.938 bits per heavy atom. The third-order valence-electron chi connectivity index (χ3n) is 4.75. The molecule has 7 heteroatoms. The van der Waals surface area contributed by atoms with Gasteiger partial charge in [0.15, 0.2) is 18.1 Å². The molecule has 7 nitrogen and oxygen atoms in total. The first-order valence-electron chi connectivity index (χ1n) is 10.0. The number of benzene rings is 3. The number of carbonyl (C=O) groups excluding carboxylic acids is 2. The zero-order chi connectivity index (χ0) is 22.9. The fourth-order valence-corrected chi connectivity index (χ4v) is 2.86. The number of ether oxygens (including phenoxy) is 2. The summed E-state index contributed by atoms with van der Waals surface area (Å²) in [6.45, 7) is 3.84. The van der Waals surface area contributed by atoms with E-state index in [1.165, 1.54) is 13.3 Å². The van der Waals surface area contributed by atoms with Gasteiger partial charge in [-0.25, -0.2) is 5.43 Å². The maximum Gasteiger partial charge on any atom is 0.271 e. The Hall–Kier alpha value is -4.13. The van der Waals surface area contributed by atoms with Gasteiger partial charge in [0.1, 0.15) is 0 Å². The van der Waals surface area contributed by atoms with Crippen LogP contribution in [0.4, 0.5) is 5.69 Å². The number of nitrogens with one attached hydrogen (secondary N) is 2. The number of rotatable bonds is 8. The molecule has 0 aliphatic rings. The zero-order valence-corrected chi connectivity index (χ0v) is 18.2. The molecule has 0 spiro atoms. The van der Waals surface area contributed by atoms with Gasteiger partial charge in [-0.3, -0.25) is 9.59 Å². The number of nitrogens with zero attached hydrogens (tertiary/aromatic N) is 1. The van der Waals surface area contributed by atoms with Gasteiger partial charge in [-0.2, -0.15) is 5.10 Å². The summed E-state index contributed by atoms with van der Waals surface area (Å²) >= 11 is 0. The van der Waals surface area contributed by atoms with Crippen molar-refractivity contribution < 1.29 is 19.1 Å². The van der Waals surface area contributed by atoms with Crippen LogP contribution in [0.3, 0.4) is 0 Å². The van der Waals surface area contributed by atoms with Crippen LogP contribution in [0.1, 0.15) is 27.0 Å². The van der Waals surface area contributed by atoms with Crippen LogP contribution in [0.25, 0.3) is 0 Å². The summed E-state index contributed by atoms with van der Waals surface area (Å²) in [5, 5.41) is 6.79. The summed E-state index contributed by atoms with van der Waals surface area (Å²) in [7, 11) is 1.51. The predicted octanol–water partition coefficient (Wildman–Crippen LogP) is 4.09. The number of methoxy groups -OCH3 is 1. The second kappa shape index (κ2) is 10.8. The van der Waals surface area contributed by atoms with Crippen LogP contribution in [0.5, 0.6) is 11.5 Å². The highest BCUT2D eigenvalue weighted by molar-refractivity contribution is 5.95. The molecule has 32 heavy (non-hydrogen) atoms. The molecule has 3 rings (SSSR count). The van der Waals surface area contributed by atoms with Crippen LogP contribution in [0, 0.1) is 13.8 Å². The van der Waals surface area contributed by atoms with Crippen molar-refractivity contribution in [1.29, 1.82) is 0 Å². The van der Waals surface area contributed by atoms with E-state index in [0.29, 0.717) is 22.6 Å². The number of hydrogen-bond acceptors (Lipinski definition) is 5. The van der Waals surface area contributed by atoms with E-state index in [-0.39, 0.29) is 18.4 Å². The number of hydrogen-bond donors (Lipinski definition) is 2. The third-order valence-corrected chi connectivity index (χ3v) is 4.75. The Bertz CT molecular complexity index is 1130. The lowest BCUT2D eigenvalue weighted by molar-refractivity contribution is -0.118. The molecule has 164 valence electrons. The molecule has 0 aliphatic heterocycles. The summed E-state index contributed by atoms with van der Waals surface area (Å²) in [4.78, 5) is 24.3. The Kier molecular flexibility index (Phi) is 7.59. The van der Waals surface area contributed by atoms with Crippen molar-refractivity contribution in [1.82, 2.24) is 5.43 Å². The standard InChI is InChI=1S/C25H25N3O4/c1-17-9-11-21(13-18(17)2)27-24(29)16-32-22-12-10-19(14-23(22)31-3)15-26-28-25(30)20-7-5-4-6-8-20/h4-15H,16H2,1-3H3,(H,27,29)(H,28,30). The number of amides is 2. The normalized spacial score (nSPS) is 10.6. The highest BCUT2D eigenvalue weighted by Crippen LogP contribution is 2.27. The second-order valence-electron chi connectivity index (χ2n) is 7.11. The summed E-state index contributed by atoms with van der Waals surface area (Å²) < 4.78 is 11.0. The Labute approximate surface area is 187 Å². The quantitative estimate of drug-likeness (QED) is 0.415. The molecule has 0 saturated heterocycles. The van der Waals surface area contributed by atoms with Crippen molar-refractivity contribution in [2.45, 2.75) is 13.8 Å². The molecule has 0 radical (unpaired) electrons. The highest BCUT2D eigenvalue weighted by Gasteiger charge is 2.09. The lowest BCUT2D eigenvalue weighted by Gasteiger charge is -2.12. The SMILES string of the molecule is COc1cc(C=NNC(=O)c2ccccc2)ccc1OCC(=O)Nc1ccc(C)c(C)c1. The van der Waals surface area contributed by atoms with Gasteiger partial charge in [-0.1, -0.05) is 24.3 Å². The van der Waals surface area contributed by atoms with Crippen molar-refractivity contribution in [2.75, 3.05) is 19.0 Å². The second-order valence-corrected chi connectivity index (χ2v) is 7.11. The van der Waals surface area contributed by atoms with Crippen molar-refractivity contribution in [2.24, 2.45) is 5.10 Å². The van der Waals surface area contributed by atoms with Gasteiger partial charge in [0.2, 0.25) is 0 Å². The first-order valence-corrected chi connectivity index (χ1v) is 10.0. The number of hydrazone groups is 1. The van der Waals surface area contributed by atoms with E-state index in [9.17, 15) is 9.59 Å². The van der Waals surface area contributed by atoms with Gasteiger partial charge < -0.3 is 14.8 Å². The fraction of sp³-hybridized carbons (Fsp3) is 0.160. The minimum atomic E-state index is -0.302. The maximum atomic E-state index is 12.2.